The number of hydrogen-bond donors (Lipinski definition) is 0. The van der Waals surface area contributed by atoms with E-state index in [2.05, 4.69) is 39.1 Å². The molecule has 2 heterocycles. The number of rotatable bonds is 2. The van der Waals surface area contributed by atoms with Crippen LogP contribution in [0.2, 0.25) is 0 Å². The van der Waals surface area contributed by atoms with Crippen LogP contribution < -0.4 is 9.64 Å². The van der Waals surface area contributed by atoms with Crippen molar-refractivity contribution in [3.05, 3.63) is 47.7 Å². The molecule has 0 radical (unpaired) electrons. The van der Waals surface area contributed by atoms with Gasteiger partial charge in [-0.25, -0.2) is 4.98 Å². The van der Waals surface area contributed by atoms with Gasteiger partial charge in [0, 0.05) is 18.8 Å². The average molecular weight is 297 g/mol. The van der Waals surface area contributed by atoms with Crippen molar-refractivity contribution in [2.75, 3.05) is 31.7 Å². The Hall–Kier alpha value is -2.14. The third kappa shape index (κ3) is 2.13. The number of aryl methyl sites for hydroxylation is 1. The summed E-state index contributed by atoms with van der Waals surface area (Å²) in [6, 6.07) is 10.4. The Kier molecular flexibility index (Phi) is 3.22. The molecule has 0 bridgehead atoms. The molecule has 1 atom stereocenters. The molecule has 0 N–H and O–H groups in total. The van der Waals surface area contributed by atoms with Crippen LogP contribution in [0.3, 0.4) is 0 Å². The maximum Gasteiger partial charge on any atom is 0.228 e. The number of morpholine rings is 1. The number of ether oxygens (including phenoxy) is 2. The second-order valence-electron chi connectivity index (χ2n) is 5.82. The van der Waals surface area contributed by atoms with E-state index < -0.39 is 0 Å². The maximum absolute atomic E-state index is 6.23. The summed E-state index contributed by atoms with van der Waals surface area (Å²) in [4.78, 5) is 11.1. The first-order valence-electron chi connectivity index (χ1n) is 7.65. The second kappa shape index (κ2) is 5.25. The van der Waals surface area contributed by atoms with Gasteiger partial charge in [0.05, 0.1) is 20.3 Å². The van der Waals surface area contributed by atoms with Gasteiger partial charge in [0.1, 0.15) is 5.60 Å². The lowest BCUT2D eigenvalue weighted by Crippen LogP contribution is -2.49. The van der Waals surface area contributed by atoms with Gasteiger partial charge in [0.15, 0.2) is 0 Å². The van der Waals surface area contributed by atoms with Crippen molar-refractivity contribution in [2.45, 2.75) is 18.4 Å². The maximum atomic E-state index is 6.23. The summed E-state index contributed by atoms with van der Waals surface area (Å²) in [6.07, 6.45) is 3.84. The van der Waals surface area contributed by atoms with Crippen molar-refractivity contribution >= 4 is 5.95 Å². The molecule has 2 aromatic rings. The van der Waals surface area contributed by atoms with E-state index in [4.69, 9.17) is 9.47 Å². The lowest BCUT2D eigenvalue weighted by atomic mass is 9.94. The van der Waals surface area contributed by atoms with Crippen LogP contribution in [0.25, 0.3) is 0 Å². The van der Waals surface area contributed by atoms with E-state index in [-0.39, 0.29) is 5.60 Å². The quantitative estimate of drug-likeness (QED) is 0.850. The molecule has 5 heteroatoms. The SMILES string of the molecule is COc1ccnc(N2CCOC3(CCc4ccccc43)C2)n1. The molecule has 1 fully saturated rings. The molecule has 4 rings (SSSR count). The van der Waals surface area contributed by atoms with Crippen molar-refractivity contribution in [3.8, 4) is 5.88 Å². The van der Waals surface area contributed by atoms with Gasteiger partial charge in [0.25, 0.3) is 0 Å². The Morgan fingerprint density at radius 1 is 1.27 bits per heavy atom. The molecule has 114 valence electrons. The first-order chi connectivity index (χ1) is 10.8. The standard InChI is InChI=1S/C17H19N3O2/c1-21-15-7-9-18-16(19-15)20-10-11-22-17(12-20)8-6-13-4-2-3-5-14(13)17/h2-5,7,9H,6,8,10-12H2,1H3. The molecular weight excluding hydrogens is 278 g/mol. The summed E-state index contributed by atoms with van der Waals surface area (Å²) in [5, 5.41) is 0. The van der Waals surface area contributed by atoms with E-state index in [0.717, 1.165) is 25.9 Å². The highest BCUT2D eigenvalue weighted by molar-refractivity contribution is 5.42. The first-order valence-corrected chi connectivity index (χ1v) is 7.65. The van der Waals surface area contributed by atoms with Gasteiger partial charge in [-0.15, -0.1) is 0 Å². The van der Waals surface area contributed by atoms with Crippen molar-refractivity contribution in [1.82, 2.24) is 9.97 Å². The molecular formula is C17H19N3O2. The number of benzene rings is 1. The van der Waals surface area contributed by atoms with Gasteiger partial charge in [-0.3, -0.25) is 0 Å². The van der Waals surface area contributed by atoms with Crippen LogP contribution in [0.15, 0.2) is 36.5 Å². The number of anilines is 1. The monoisotopic (exact) mass is 297 g/mol. The minimum absolute atomic E-state index is 0.221. The van der Waals surface area contributed by atoms with Gasteiger partial charge < -0.3 is 14.4 Å². The van der Waals surface area contributed by atoms with Crippen LogP contribution in [0.4, 0.5) is 5.95 Å². The molecule has 2 aliphatic rings. The van der Waals surface area contributed by atoms with Crippen molar-refractivity contribution < 1.29 is 9.47 Å². The van der Waals surface area contributed by atoms with Crippen molar-refractivity contribution in [3.63, 3.8) is 0 Å². The average Bonchev–Trinajstić information content (AvgIpc) is 2.94. The number of aromatic nitrogens is 2. The fourth-order valence-corrected chi connectivity index (χ4v) is 3.52. The van der Waals surface area contributed by atoms with E-state index in [9.17, 15) is 0 Å². The molecule has 0 amide bonds. The number of methoxy groups -OCH3 is 1. The van der Waals surface area contributed by atoms with E-state index in [1.165, 1.54) is 11.1 Å². The molecule has 1 aliphatic carbocycles. The Morgan fingerprint density at radius 2 is 2.18 bits per heavy atom. The molecule has 1 spiro atoms. The highest BCUT2D eigenvalue weighted by atomic mass is 16.5. The Morgan fingerprint density at radius 3 is 3.09 bits per heavy atom. The number of hydrogen-bond acceptors (Lipinski definition) is 5. The van der Waals surface area contributed by atoms with Crippen LogP contribution in [-0.4, -0.2) is 36.8 Å². The largest absolute Gasteiger partial charge is 0.481 e. The van der Waals surface area contributed by atoms with E-state index in [1.807, 2.05) is 0 Å². The fourth-order valence-electron chi connectivity index (χ4n) is 3.52. The second-order valence-corrected chi connectivity index (χ2v) is 5.82. The molecule has 1 saturated heterocycles. The van der Waals surface area contributed by atoms with E-state index in [0.29, 0.717) is 18.4 Å². The highest BCUT2D eigenvalue weighted by Crippen LogP contribution is 2.42. The third-order valence-corrected chi connectivity index (χ3v) is 4.60. The number of fused-ring (bicyclic) bond motifs is 2. The van der Waals surface area contributed by atoms with Crippen LogP contribution in [0, 0.1) is 0 Å². The first kappa shape index (κ1) is 13.5. The minimum Gasteiger partial charge on any atom is -0.481 e. The van der Waals surface area contributed by atoms with Crippen LogP contribution in [0.5, 0.6) is 5.88 Å². The number of nitrogens with zero attached hydrogens (tertiary/aromatic N) is 3. The molecule has 1 unspecified atom stereocenters. The van der Waals surface area contributed by atoms with Gasteiger partial charge in [0.2, 0.25) is 11.8 Å². The third-order valence-electron chi connectivity index (χ3n) is 4.60. The summed E-state index contributed by atoms with van der Waals surface area (Å²) in [6.45, 7) is 2.28. The Balaban J connectivity index is 1.65. The molecule has 1 aliphatic heterocycles. The summed E-state index contributed by atoms with van der Waals surface area (Å²) in [7, 11) is 1.63. The van der Waals surface area contributed by atoms with Crippen LogP contribution in [0.1, 0.15) is 17.5 Å². The van der Waals surface area contributed by atoms with Crippen molar-refractivity contribution in [1.29, 1.82) is 0 Å². The van der Waals surface area contributed by atoms with Crippen molar-refractivity contribution in [2.24, 2.45) is 0 Å². The molecule has 1 aromatic heterocycles. The molecule has 1 aromatic carbocycles. The van der Waals surface area contributed by atoms with E-state index in [1.54, 1.807) is 19.4 Å². The normalized spacial score (nSPS) is 23.6. The molecule has 5 nitrogen and oxygen atoms in total. The zero-order chi connectivity index (χ0) is 15.0. The van der Waals surface area contributed by atoms with Gasteiger partial charge in [-0.05, 0) is 24.0 Å². The summed E-state index contributed by atoms with van der Waals surface area (Å²) in [5.74, 6) is 1.31. The summed E-state index contributed by atoms with van der Waals surface area (Å²) >= 11 is 0. The Labute approximate surface area is 129 Å². The van der Waals surface area contributed by atoms with Gasteiger partial charge >= 0.3 is 0 Å². The predicted molar refractivity (Wildman–Crippen MR) is 83.2 cm³/mol. The van der Waals surface area contributed by atoms with Crippen LogP contribution in [-0.2, 0) is 16.8 Å². The topological polar surface area (TPSA) is 47.5 Å². The zero-order valence-electron chi connectivity index (χ0n) is 12.7. The lowest BCUT2D eigenvalue weighted by Gasteiger charge is -2.41. The zero-order valence-corrected chi connectivity index (χ0v) is 12.7. The Bertz CT molecular complexity index is 687. The van der Waals surface area contributed by atoms with E-state index >= 15 is 0 Å². The molecule has 0 saturated carbocycles. The minimum atomic E-state index is -0.221. The molecule has 22 heavy (non-hydrogen) atoms. The summed E-state index contributed by atoms with van der Waals surface area (Å²) in [5.41, 5.74) is 2.50. The lowest BCUT2D eigenvalue weighted by molar-refractivity contribution is -0.0596. The fraction of sp³-hybridized carbons (Fsp3) is 0.412. The predicted octanol–water partition coefficient (Wildman–Crippen LogP) is 2.16. The highest BCUT2D eigenvalue weighted by Gasteiger charge is 2.43. The van der Waals surface area contributed by atoms with Crippen LogP contribution >= 0.6 is 0 Å². The smallest absolute Gasteiger partial charge is 0.228 e. The van der Waals surface area contributed by atoms with Gasteiger partial charge in [-0.2, -0.15) is 4.98 Å². The van der Waals surface area contributed by atoms with Gasteiger partial charge in [-0.1, -0.05) is 24.3 Å². The summed E-state index contributed by atoms with van der Waals surface area (Å²) < 4.78 is 11.4.